The Kier molecular flexibility index (Phi) is 3.99. The fraction of sp³-hybridized carbons (Fsp3) is 0.667. The molecule has 1 fully saturated rings. The highest BCUT2D eigenvalue weighted by molar-refractivity contribution is 6.17. The van der Waals surface area contributed by atoms with Gasteiger partial charge in [0.2, 0.25) is 5.95 Å². The normalized spacial score (nSPS) is 17.8. The van der Waals surface area contributed by atoms with Crippen molar-refractivity contribution in [3.8, 4) is 0 Å². The van der Waals surface area contributed by atoms with Crippen molar-refractivity contribution in [3.63, 3.8) is 0 Å². The monoisotopic (exact) mass is 239 g/mol. The number of hydrogen-bond acceptors (Lipinski definition) is 3. The third kappa shape index (κ3) is 2.64. The summed E-state index contributed by atoms with van der Waals surface area (Å²) in [6.45, 7) is 4.43. The van der Waals surface area contributed by atoms with E-state index in [0.717, 1.165) is 30.5 Å². The van der Waals surface area contributed by atoms with E-state index in [4.69, 9.17) is 11.6 Å². The SMILES string of the molecule is CCC1CCN(c2ncc(CCl)cn2)CC1. The van der Waals surface area contributed by atoms with Crippen LogP contribution in [-0.2, 0) is 5.88 Å². The molecule has 1 aliphatic heterocycles. The van der Waals surface area contributed by atoms with E-state index in [2.05, 4.69) is 21.8 Å². The molecule has 0 spiro atoms. The zero-order valence-electron chi connectivity index (χ0n) is 9.69. The van der Waals surface area contributed by atoms with Crippen LogP contribution in [0.15, 0.2) is 12.4 Å². The maximum Gasteiger partial charge on any atom is 0.225 e. The quantitative estimate of drug-likeness (QED) is 0.760. The molecule has 0 N–H and O–H groups in total. The van der Waals surface area contributed by atoms with E-state index in [9.17, 15) is 0 Å². The van der Waals surface area contributed by atoms with Crippen LogP contribution < -0.4 is 4.90 Å². The molecule has 88 valence electrons. The molecule has 0 saturated carbocycles. The molecule has 2 rings (SSSR count). The maximum atomic E-state index is 5.71. The van der Waals surface area contributed by atoms with Gasteiger partial charge in [-0.25, -0.2) is 9.97 Å². The average Bonchev–Trinajstić information content (AvgIpc) is 2.39. The highest BCUT2D eigenvalue weighted by Gasteiger charge is 2.19. The summed E-state index contributed by atoms with van der Waals surface area (Å²) >= 11 is 5.71. The van der Waals surface area contributed by atoms with Crippen LogP contribution in [-0.4, -0.2) is 23.1 Å². The number of halogens is 1. The fourth-order valence-electron chi connectivity index (χ4n) is 2.12. The molecule has 0 bridgehead atoms. The van der Waals surface area contributed by atoms with Crippen molar-refractivity contribution in [2.75, 3.05) is 18.0 Å². The molecule has 16 heavy (non-hydrogen) atoms. The molecule has 1 aliphatic rings. The summed E-state index contributed by atoms with van der Waals surface area (Å²) in [4.78, 5) is 11.0. The standard InChI is InChI=1S/C12H18ClN3/c1-2-10-3-5-16(6-4-10)12-14-8-11(7-13)9-15-12/h8-10H,2-7H2,1H3. The van der Waals surface area contributed by atoms with Crippen LogP contribution in [0, 0.1) is 5.92 Å². The summed E-state index contributed by atoms with van der Waals surface area (Å²) in [6.07, 6.45) is 7.45. The van der Waals surface area contributed by atoms with Gasteiger partial charge in [0, 0.05) is 31.0 Å². The van der Waals surface area contributed by atoms with Crippen molar-refractivity contribution in [2.45, 2.75) is 32.1 Å². The lowest BCUT2D eigenvalue weighted by molar-refractivity contribution is 0.392. The zero-order valence-corrected chi connectivity index (χ0v) is 10.5. The topological polar surface area (TPSA) is 29.0 Å². The number of piperidine rings is 1. The Morgan fingerprint density at radius 1 is 1.31 bits per heavy atom. The molecule has 0 unspecified atom stereocenters. The number of aromatic nitrogens is 2. The van der Waals surface area contributed by atoms with Crippen LogP contribution in [0.2, 0.25) is 0 Å². The number of alkyl halides is 1. The molecular formula is C12H18ClN3. The molecule has 0 radical (unpaired) electrons. The van der Waals surface area contributed by atoms with Gasteiger partial charge in [-0.15, -0.1) is 11.6 Å². The van der Waals surface area contributed by atoms with E-state index in [-0.39, 0.29) is 0 Å². The minimum absolute atomic E-state index is 0.484. The summed E-state index contributed by atoms with van der Waals surface area (Å²) in [7, 11) is 0. The van der Waals surface area contributed by atoms with Gasteiger partial charge in [-0.05, 0) is 18.8 Å². The zero-order chi connectivity index (χ0) is 11.4. The second-order valence-corrected chi connectivity index (χ2v) is 4.63. The number of nitrogens with zero attached hydrogens (tertiary/aromatic N) is 3. The summed E-state index contributed by atoms with van der Waals surface area (Å²) in [6, 6.07) is 0. The van der Waals surface area contributed by atoms with Crippen molar-refractivity contribution >= 4 is 17.5 Å². The van der Waals surface area contributed by atoms with Gasteiger partial charge in [-0.2, -0.15) is 0 Å². The summed E-state index contributed by atoms with van der Waals surface area (Å²) in [5, 5.41) is 0. The number of rotatable bonds is 3. The molecule has 2 heterocycles. The minimum Gasteiger partial charge on any atom is -0.341 e. The fourth-order valence-corrected chi connectivity index (χ4v) is 2.26. The van der Waals surface area contributed by atoms with Crippen LogP contribution in [0.25, 0.3) is 0 Å². The Bertz CT molecular complexity index is 318. The summed E-state index contributed by atoms with van der Waals surface area (Å²) < 4.78 is 0. The summed E-state index contributed by atoms with van der Waals surface area (Å²) in [5.74, 6) is 2.22. The van der Waals surface area contributed by atoms with Crippen LogP contribution in [0.4, 0.5) is 5.95 Å². The average molecular weight is 240 g/mol. The first-order valence-electron chi connectivity index (χ1n) is 5.95. The molecule has 0 aliphatic carbocycles. The van der Waals surface area contributed by atoms with Gasteiger partial charge in [0.25, 0.3) is 0 Å². The van der Waals surface area contributed by atoms with Crippen molar-refractivity contribution < 1.29 is 0 Å². The van der Waals surface area contributed by atoms with Gasteiger partial charge in [-0.3, -0.25) is 0 Å². The smallest absolute Gasteiger partial charge is 0.225 e. The second-order valence-electron chi connectivity index (χ2n) is 4.36. The first kappa shape index (κ1) is 11.6. The molecule has 4 heteroatoms. The van der Waals surface area contributed by atoms with Crippen molar-refractivity contribution in [1.29, 1.82) is 0 Å². The highest BCUT2D eigenvalue weighted by Crippen LogP contribution is 2.22. The van der Waals surface area contributed by atoms with E-state index in [1.807, 2.05) is 12.4 Å². The third-order valence-corrected chi connectivity index (χ3v) is 3.63. The predicted molar refractivity (Wildman–Crippen MR) is 66.8 cm³/mol. The van der Waals surface area contributed by atoms with Gasteiger partial charge in [0.05, 0.1) is 5.88 Å². The Hall–Kier alpha value is -0.830. The van der Waals surface area contributed by atoms with E-state index in [1.165, 1.54) is 19.3 Å². The van der Waals surface area contributed by atoms with Crippen molar-refractivity contribution in [2.24, 2.45) is 5.92 Å². The van der Waals surface area contributed by atoms with Crippen LogP contribution in [0.5, 0.6) is 0 Å². The largest absolute Gasteiger partial charge is 0.341 e. The molecular weight excluding hydrogens is 222 g/mol. The minimum atomic E-state index is 0.484. The Morgan fingerprint density at radius 3 is 2.44 bits per heavy atom. The van der Waals surface area contributed by atoms with Gasteiger partial charge >= 0.3 is 0 Å². The second kappa shape index (κ2) is 5.48. The summed E-state index contributed by atoms with van der Waals surface area (Å²) in [5.41, 5.74) is 0.980. The van der Waals surface area contributed by atoms with Gasteiger partial charge < -0.3 is 4.90 Å². The predicted octanol–water partition coefficient (Wildman–Crippen LogP) is 2.84. The highest BCUT2D eigenvalue weighted by atomic mass is 35.5. The Labute approximate surface area is 102 Å². The maximum absolute atomic E-state index is 5.71. The van der Waals surface area contributed by atoms with Gasteiger partial charge in [0.15, 0.2) is 0 Å². The van der Waals surface area contributed by atoms with E-state index >= 15 is 0 Å². The van der Waals surface area contributed by atoms with Crippen LogP contribution >= 0.6 is 11.6 Å². The molecule has 0 amide bonds. The van der Waals surface area contributed by atoms with Crippen molar-refractivity contribution in [1.82, 2.24) is 9.97 Å². The van der Waals surface area contributed by atoms with Gasteiger partial charge in [0.1, 0.15) is 0 Å². The Morgan fingerprint density at radius 2 is 1.94 bits per heavy atom. The van der Waals surface area contributed by atoms with Crippen LogP contribution in [0.3, 0.4) is 0 Å². The lowest BCUT2D eigenvalue weighted by Gasteiger charge is -2.31. The van der Waals surface area contributed by atoms with E-state index in [0.29, 0.717) is 5.88 Å². The molecule has 1 saturated heterocycles. The van der Waals surface area contributed by atoms with Crippen molar-refractivity contribution in [3.05, 3.63) is 18.0 Å². The van der Waals surface area contributed by atoms with Crippen LogP contribution in [0.1, 0.15) is 31.7 Å². The van der Waals surface area contributed by atoms with E-state index < -0.39 is 0 Å². The van der Waals surface area contributed by atoms with Gasteiger partial charge in [-0.1, -0.05) is 13.3 Å². The lowest BCUT2D eigenvalue weighted by atomic mass is 9.95. The molecule has 1 aromatic rings. The third-order valence-electron chi connectivity index (χ3n) is 3.32. The molecule has 3 nitrogen and oxygen atoms in total. The molecule has 0 atom stereocenters. The Balaban J connectivity index is 1.97. The lowest BCUT2D eigenvalue weighted by Crippen LogP contribution is -2.34. The molecule has 0 aromatic carbocycles. The number of anilines is 1. The molecule has 1 aromatic heterocycles. The first-order valence-corrected chi connectivity index (χ1v) is 6.48. The number of hydrogen-bond donors (Lipinski definition) is 0. The first-order chi connectivity index (χ1) is 7.83. The van der Waals surface area contributed by atoms with E-state index in [1.54, 1.807) is 0 Å².